The molecule has 0 amide bonds. The zero-order valence-corrected chi connectivity index (χ0v) is 12.4. The van der Waals surface area contributed by atoms with Gasteiger partial charge in [-0.1, -0.05) is 51.7 Å². The second-order valence-corrected chi connectivity index (χ2v) is 6.45. The average molecular weight is 238 g/mol. The second kappa shape index (κ2) is 6.58. The van der Waals surface area contributed by atoms with Crippen molar-refractivity contribution < 1.29 is 4.74 Å². The van der Waals surface area contributed by atoms with E-state index >= 15 is 0 Å². The Morgan fingerprint density at radius 3 is 2.29 bits per heavy atom. The summed E-state index contributed by atoms with van der Waals surface area (Å²) in [4.78, 5) is 0. The molecule has 1 rings (SSSR count). The van der Waals surface area contributed by atoms with Crippen LogP contribution in [0.5, 0.6) is 0 Å². The van der Waals surface area contributed by atoms with Gasteiger partial charge in [0.1, 0.15) is 0 Å². The standard InChI is InChI=1S/C16H30O/c1-13(2)11-16(5,14(3)4)12-17-15-9-7-6-8-10-15/h11,14-15H,6-10,12H2,1-5H3. The molecule has 0 aromatic carbocycles. The average Bonchev–Trinajstić information content (AvgIpc) is 2.27. The summed E-state index contributed by atoms with van der Waals surface area (Å²) >= 11 is 0. The van der Waals surface area contributed by atoms with Crippen molar-refractivity contribution in [2.45, 2.75) is 72.8 Å². The van der Waals surface area contributed by atoms with Crippen molar-refractivity contribution in [3.05, 3.63) is 11.6 Å². The normalized spacial score (nSPS) is 21.3. The number of hydrogen-bond donors (Lipinski definition) is 0. The molecule has 1 aliphatic carbocycles. The summed E-state index contributed by atoms with van der Waals surface area (Å²) in [5.41, 5.74) is 1.59. The van der Waals surface area contributed by atoms with Crippen LogP contribution in [0, 0.1) is 11.3 Å². The van der Waals surface area contributed by atoms with Gasteiger partial charge in [0, 0.05) is 5.41 Å². The van der Waals surface area contributed by atoms with Crippen LogP contribution >= 0.6 is 0 Å². The first-order chi connectivity index (χ1) is 7.94. The van der Waals surface area contributed by atoms with E-state index in [9.17, 15) is 0 Å². The minimum atomic E-state index is 0.191. The van der Waals surface area contributed by atoms with Crippen LogP contribution in [0.3, 0.4) is 0 Å². The molecule has 1 aliphatic rings. The van der Waals surface area contributed by atoms with Gasteiger partial charge in [-0.25, -0.2) is 0 Å². The van der Waals surface area contributed by atoms with Crippen LogP contribution in [0.2, 0.25) is 0 Å². The predicted octanol–water partition coefficient (Wildman–Crippen LogP) is 4.96. The van der Waals surface area contributed by atoms with Gasteiger partial charge in [-0.2, -0.15) is 0 Å². The molecule has 0 heterocycles. The van der Waals surface area contributed by atoms with Crippen molar-refractivity contribution in [3.8, 4) is 0 Å². The fraction of sp³-hybridized carbons (Fsp3) is 0.875. The van der Waals surface area contributed by atoms with E-state index in [4.69, 9.17) is 4.74 Å². The summed E-state index contributed by atoms with van der Waals surface area (Å²) in [7, 11) is 0. The van der Waals surface area contributed by atoms with Gasteiger partial charge in [0.2, 0.25) is 0 Å². The number of hydrogen-bond acceptors (Lipinski definition) is 1. The molecule has 100 valence electrons. The molecule has 1 atom stereocenters. The molecule has 0 bridgehead atoms. The molecule has 1 nitrogen and oxygen atoms in total. The number of rotatable bonds is 5. The van der Waals surface area contributed by atoms with Gasteiger partial charge in [-0.05, 0) is 32.6 Å². The molecule has 1 unspecified atom stereocenters. The fourth-order valence-corrected chi connectivity index (χ4v) is 2.56. The van der Waals surface area contributed by atoms with Gasteiger partial charge in [0.15, 0.2) is 0 Å². The van der Waals surface area contributed by atoms with Crippen LogP contribution in [0.15, 0.2) is 11.6 Å². The van der Waals surface area contributed by atoms with E-state index in [1.54, 1.807) is 0 Å². The van der Waals surface area contributed by atoms with E-state index in [0.29, 0.717) is 12.0 Å². The molecule has 1 saturated carbocycles. The Kier molecular flexibility index (Phi) is 5.72. The van der Waals surface area contributed by atoms with E-state index in [1.807, 2.05) is 0 Å². The van der Waals surface area contributed by atoms with Crippen LogP contribution in [0.4, 0.5) is 0 Å². The highest BCUT2D eigenvalue weighted by Crippen LogP contribution is 2.32. The smallest absolute Gasteiger partial charge is 0.0575 e. The summed E-state index contributed by atoms with van der Waals surface area (Å²) in [6.45, 7) is 12.2. The van der Waals surface area contributed by atoms with Crippen molar-refractivity contribution in [1.82, 2.24) is 0 Å². The Bertz CT molecular complexity index is 244. The topological polar surface area (TPSA) is 9.23 Å². The molecule has 0 aliphatic heterocycles. The van der Waals surface area contributed by atoms with Crippen LogP contribution in [0.25, 0.3) is 0 Å². The quantitative estimate of drug-likeness (QED) is 0.615. The third-order valence-corrected chi connectivity index (χ3v) is 4.12. The zero-order valence-electron chi connectivity index (χ0n) is 12.4. The van der Waals surface area contributed by atoms with Crippen LogP contribution in [0.1, 0.15) is 66.7 Å². The van der Waals surface area contributed by atoms with Gasteiger partial charge in [-0.3, -0.25) is 0 Å². The third-order valence-electron chi connectivity index (χ3n) is 4.12. The monoisotopic (exact) mass is 238 g/mol. The van der Waals surface area contributed by atoms with Crippen LogP contribution in [-0.4, -0.2) is 12.7 Å². The SMILES string of the molecule is CC(C)=CC(C)(COC1CCCCC1)C(C)C. The molecule has 0 aromatic heterocycles. The Morgan fingerprint density at radius 1 is 1.24 bits per heavy atom. The van der Waals surface area contributed by atoms with Gasteiger partial charge in [0.05, 0.1) is 12.7 Å². The van der Waals surface area contributed by atoms with E-state index in [1.165, 1.54) is 37.7 Å². The summed E-state index contributed by atoms with van der Waals surface area (Å²) in [5, 5.41) is 0. The van der Waals surface area contributed by atoms with Crippen molar-refractivity contribution in [3.63, 3.8) is 0 Å². The maximum Gasteiger partial charge on any atom is 0.0575 e. The van der Waals surface area contributed by atoms with Crippen molar-refractivity contribution in [2.24, 2.45) is 11.3 Å². The molecule has 0 radical (unpaired) electrons. The van der Waals surface area contributed by atoms with E-state index in [2.05, 4.69) is 40.7 Å². The molecule has 0 aromatic rings. The predicted molar refractivity (Wildman–Crippen MR) is 75.2 cm³/mol. The Balaban J connectivity index is 2.52. The first kappa shape index (κ1) is 14.8. The molecule has 1 heteroatoms. The lowest BCUT2D eigenvalue weighted by molar-refractivity contribution is -0.0188. The number of allylic oxidation sites excluding steroid dienone is 1. The van der Waals surface area contributed by atoms with E-state index < -0.39 is 0 Å². The second-order valence-electron chi connectivity index (χ2n) is 6.45. The molecule has 0 saturated heterocycles. The van der Waals surface area contributed by atoms with E-state index in [-0.39, 0.29) is 5.41 Å². The van der Waals surface area contributed by atoms with E-state index in [0.717, 1.165) is 6.61 Å². The first-order valence-corrected chi connectivity index (χ1v) is 7.22. The van der Waals surface area contributed by atoms with Crippen molar-refractivity contribution in [2.75, 3.05) is 6.61 Å². The molecular formula is C16H30O. The molecule has 0 N–H and O–H groups in total. The van der Waals surface area contributed by atoms with Gasteiger partial charge in [0.25, 0.3) is 0 Å². The largest absolute Gasteiger partial charge is 0.377 e. The Labute approximate surface area is 108 Å². The first-order valence-electron chi connectivity index (χ1n) is 7.22. The van der Waals surface area contributed by atoms with Crippen molar-refractivity contribution >= 4 is 0 Å². The third kappa shape index (κ3) is 4.83. The highest BCUT2D eigenvalue weighted by molar-refractivity contribution is 5.05. The molecule has 0 spiro atoms. The van der Waals surface area contributed by atoms with Crippen LogP contribution in [-0.2, 0) is 4.74 Å². The fourth-order valence-electron chi connectivity index (χ4n) is 2.56. The minimum Gasteiger partial charge on any atom is -0.377 e. The molecular weight excluding hydrogens is 208 g/mol. The van der Waals surface area contributed by atoms with Gasteiger partial charge >= 0.3 is 0 Å². The van der Waals surface area contributed by atoms with Crippen LogP contribution < -0.4 is 0 Å². The molecule has 17 heavy (non-hydrogen) atoms. The maximum atomic E-state index is 6.17. The lowest BCUT2D eigenvalue weighted by atomic mass is 9.78. The minimum absolute atomic E-state index is 0.191. The number of ether oxygens (including phenoxy) is 1. The summed E-state index contributed by atoms with van der Waals surface area (Å²) < 4.78 is 6.17. The maximum absolute atomic E-state index is 6.17. The highest BCUT2D eigenvalue weighted by atomic mass is 16.5. The summed E-state index contributed by atoms with van der Waals surface area (Å²) in [5.74, 6) is 0.626. The summed E-state index contributed by atoms with van der Waals surface area (Å²) in [6, 6.07) is 0. The van der Waals surface area contributed by atoms with Crippen molar-refractivity contribution in [1.29, 1.82) is 0 Å². The Morgan fingerprint density at radius 2 is 1.82 bits per heavy atom. The highest BCUT2D eigenvalue weighted by Gasteiger charge is 2.27. The van der Waals surface area contributed by atoms with Gasteiger partial charge < -0.3 is 4.74 Å². The lowest BCUT2D eigenvalue weighted by Gasteiger charge is -2.34. The summed E-state index contributed by atoms with van der Waals surface area (Å²) in [6.07, 6.45) is 9.55. The lowest BCUT2D eigenvalue weighted by Crippen LogP contribution is -2.31. The zero-order chi connectivity index (χ0) is 12.9. The van der Waals surface area contributed by atoms with Gasteiger partial charge in [-0.15, -0.1) is 0 Å². The Hall–Kier alpha value is -0.300. The molecule has 1 fully saturated rings.